The number of nitrogens with zero attached hydrogens (tertiary/aromatic N) is 1. The van der Waals surface area contributed by atoms with E-state index in [4.69, 9.17) is 10.00 Å². The molecule has 0 radical (unpaired) electrons. The first-order chi connectivity index (χ1) is 9.29. The first kappa shape index (κ1) is 13.5. The number of nitriles is 1. The van der Waals surface area contributed by atoms with Gasteiger partial charge in [-0.3, -0.25) is 4.79 Å². The van der Waals surface area contributed by atoms with E-state index in [1.165, 1.54) is 0 Å². The van der Waals surface area contributed by atoms with Gasteiger partial charge in [-0.2, -0.15) is 5.26 Å². The number of anilines is 1. The van der Waals surface area contributed by atoms with Gasteiger partial charge >= 0.3 is 0 Å². The van der Waals surface area contributed by atoms with Crippen molar-refractivity contribution in [3.8, 4) is 6.07 Å². The van der Waals surface area contributed by atoms with Crippen LogP contribution in [0.15, 0.2) is 24.3 Å². The van der Waals surface area contributed by atoms with Gasteiger partial charge < -0.3 is 15.4 Å². The molecule has 0 bridgehead atoms. The summed E-state index contributed by atoms with van der Waals surface area (Å²) >= 11 is 0. The summed E-state index contributed by atoms with van der Waals surface area (Å²) in [6.07, 6.45) is 2.47. The summed E-state index contributed by atoms with van der Waals surface area (Å²) in [5.41, 5.74) is 1.05. The summed E-state index contributed by atoms with van der Waals surface area (Å²) in [5.74, 6) is -0.0966. The number of benzene rings is 1. The largest absolute Gasteiger partial charge is 0.372 e. The normalized spacial score (nSPS) is 17.9. The third-order valence-electron chi connectivity index (χ3n) is 3.10. The fraction of sp³-hybridized carbons (Fsp3) is 0.429. The fourth-order valence-corrected chi connectivity index (χ4v) is 2.12. The van der Waals surface area contributed by atoms with E-state index < -0.39 is 0 Å². The Balaban J connectivity index is 1.76. The number of rotatable bonds is 5. The van der Waals surface area contributed by atoms with Crippen molar-refractivity contribution in [2.45, 2.75) is 18.9 Å². The van der Waals surface area contributed by atoms with Gasteiger partial charge in [0.15, 0.2) is 6.54 Å². The van der Waals surface area contributed by atoms with Gasteiger partial charge in [0.1, 0.15) is 18.7 Å². The van der Waals surface area contributed by atoms with Gasteiger partial charge in [-0.1, -0.05) is 12.1 Å². The molecule has 0 unspecified atom stereocenters. The lowest BCUT2D eigenvalue weighted by molar-refractivity contribution is -0.649. The predicted molar refractivity (Wildman–Crippen MR) is 70.4 cm³/mol. The van der Waals surface area contributed by atoms with Gasteiger partial charge in [0.25, 0.3) is 5.91 Å². The molecule has 5 nitrogen and oxygen atoms in total. The number of nitrogens with two attached hydrogens (primary N) is 1. The zero-order chi connectivity index (χ0) is 13.5. The van der Waals surface area contributed by atoms with Crippen LogP contribution in [-0.4, -0.2) is 31.7 Å². The maximum absolute atomic E-state index is 11.8. The standard InChI is InChI=1S/C14H17N3O2/c15-8-11-4-1-2-6-13(11)17-14(18)10-16-9-12-5-3-7-19-12/h1-2,4,6,12,16H,3,5,7,9-10H2,(H,17,18)/p+1/t12-/m0/s1. The summed E-state index contributed by atoms with van der Waals surface area (Å²) in [6, 6.07) is 9.05. The van der Waals surface area contributed by atoms with E-state index in [1.807, 2.05) is 5.32 Å². The highest BCUT2D eigenvalue weighted by Gasteiger charge is 2.17. The number of hydrogen-bond donors (Lipinski definition) is 2. The second-order valence-corrected chi connectivity index (χ2v) is 4.57. The molecule has 0 saturated carbocycles. The van der Waals surface area contributed by atoms with Crippen LogP contribution in [0.4, 0.5) is 5.69 Å². The number of nitrogens with one attached hydrogen (secondary N) is 1. The Morgan fingerprint density at radius 1 is 1.53 bits per heavy atom. The molecule has 100 valence electrons. The highest BCUT2D eigenvalue weighted by atomic mass is 16.5. The Morgan fingerprint density at radius 3 is 3.11 bits per heavy atom. The van der Waals surface area contributed by atoms with Crippen LogP contribution in [0.2, 0.25) is 0 Å². The van der Waals surface area contributed by atoms with Crippen molar-refractivity contribution in [2.75, 3.05) is 25.0 Å². The van der Waals surface area contributed by atoms with Crippen molar-refractivity contribution in [1.82, 2.24) is 0 Å². The summed E-state index contributed by atoms with van der Waals surface area (Å²) in [5, 5.41) is 13.6. The van der Waals surface area contributed by atoms with Crippen molar-refractivity contribution in [1.29, 1.82) is 5.26 Å². The quantitative estimate of drug-likeness (QED) is 0.796. The molecule has 0 aromatic heterocycles. The number of ether oxygens (including phenoxy) is 1. The molecule has 2 rings (SSSR count). The van der Waals surface area contributed by atoms with E-state index >= 15 is 0 Å². The molecule has 1 heterocycles. The highest BCUT2D eigenvalue weighted by molar-refractivity contribution is 5.92. The van der Waals surface area contributed by atoms with Gasteiger partial charge in [-0.15, -0.1) is 0 Å². The number of carbonyl (C=O) groups is 1. The Labute approximate surface area is 112 Å². The molecular formula is C14H18N3O2+. The highest BCUT2D eigenvalue weighted by Crippen LogP contribution is 2.12. The SMILES string of the molecule is N#Cc1ccccc1NC(=O)C[NH2+]C[C@@H]1CCCO1. The third-order valence-corrected chi connectivity index (χ3v) is 3.10. The van der Waals surface area contributed by atoms with E-state index in [1.54, 1.807) is 24.3 Å². The maximum Gasteiger partial charge on any atom is 0.279 e. The molecule has 5 heteroatoms. The number of para-hydroxylation sites is 1. The van der Waals surface area contributed by atoms with Gasteiger partial charge in [-0.05, 0) is 25.0 Å². The second-order valence-electron chi connectivity index (χ2n) is 4.57. The first-order valence-corrected chi connectivity index (χ1v) is 6.52. The van der Waals surface area contributed by atoms with E-state index in [2.05, 4.69) is 11.4 Å². The molecule has 1 fully saturated rings. The summed E-state index contributed by atoms with van der Waals surface area (Å²) in [7, 11) is 0. The van der Waals surface area contributed by atoms with E-state index in [0.29, 0.717) is 17.8 Å². The molecule has 1 aromatic carbocycles. The number of carbonyl (C=O) groups excluding carboxylic acids is 1. The summed E-state index contributed by atoms with van der Waals surface area (Å²) < 4.78 is 5.48. The van der Waals surface area contributed by atoms with Crippen LogP contribution in [0.1, 0.15) is 18.4 Å². The topological polar surface area (TPSA) is 78.7 Å². The van der Waals surface area contributed by atoms with E-state index in [0.717, 1.165) is 26.0 Å². The van der Waals surface area contributed by atoms with Crippen molar-refractivity contribution in [3.63, 3.8) is 0 Å². The van der Waals surface area contributed by atoms with Crippen molar-refractivity contribution < 1.29 is 14.8 Å². The number of amides is 1. The molecule has 1 atom stereocenters. The van der Waals surface area contributed by atoms with Crippen molar-refractivity contribution in [2.24, 2.45) is 0 Å². The van der Waals surface area contributed by atoms with Gasteiger partial charge in [0, 0.05) is 6.61 Å². The van der Waals surface area contributed by atoms with Crippen LogP contribution in [0.25, 0.3) is 0 Å². The molecule has 19 heavy (non-hydrogen) atoms. The lowest BCUT2D eigenvalue weighted by atomic mass is 10.2. The number of hydrogen-bond acceptors (Lipinski definition) is 3. The molecule has 1 saturated heterocycles. The zero-order valence-electron chi connectivity index (χ0n) is 10.8. The van der Waals surface area contributed by atoms with Crippen LogP contribution in [0, 0.1) is 11.3 Å². The zero-order valence-corrected chi connectivity index (χ0v) is 10.8. The number of quaternary nitrogens is 1. The van der Waals surface area contributed by atoms with Crippen LogP contribution in [-0.2, 0) is 9.53 Å². The summed E-state index contributed by atoms with van der Waals surface area (Å²) in [4.78, 5) is 11.8. The van der Waals surface area contributed by atoms with E-state index in [9.17, 15) is 4.79 Å². The Bertz CT molecular complexity index is 476. The van der Waals surface area contributed by atoms with E-state index in [-0.39, 0.29) is 12.0 Å². The molecule has 3 N–H and O–H groups in total. The first-order valence-electron chi connectivity index (χ1n) is 6.52. The van der Waals surface area contributed by atoms with Crippen molar-refractivity contribution in [3.05, 3.63) is 29.8 Å². The van der Waals surface area contributed by atoms with Crippen LogP contribution >= 0.6 is 0 Å². The monoisotopic (exact) mass is 260 g/mol. The lowest BCUT2D eigenvalue weighted by Crippen LogP contribution is -2.88. The van der Waals surface area contributed by atoms with Crippen LogP contribution in [0.5, 0.6) is 0 Å². The molecule has 1 aromatic rings. The van der Waals surface area contributed by atoms with Gasteiger partial charge in [0.05, 0.1) is 11.3 Å². The minimum atomic E-state index is -0.0966. The fourth-order valence-electron chi connectivity index (χ4n) is 2.12. The maximum atomic E-state index is 11.8. The smallest absolute Gasteiger partial charge is 0.279 e. The average Bonchev–Trinajstić information content (AvgIpc) is 2.92. The molecular weight excluding hydrogens is 242 g/mol. The minimum Gasteiger partial charge on any atom is -0.372 e. The molecule has 0 aliphatic carbocycles. The predicted octanol–water partition coefficient (Wildman–Crippen LogP) is 0.239. The Kier molecular flexibility index (Phi) is 4.90. The Hall–Kier alpha value is -1.90. The third kappa shape index (κ3) is 4.05. The molecule has 1 aliphatic heterocycles. The van der Waals surface area contributed by atoms with Gasteiger partial charge in [0.2, 0.25) is 0 Å². The van der Waals surface area contributed by atoms with Gasteiger partial charge in [-0.25, -0.2) is 0 Å². The summed E-state index contributed by atoms with van der Waals surface area (Å²) in [6.45, 7) is 1.99. The average molecular weight is 260 g/mol. The van der Waals surface area contributed by atoms with Crippen LogP contribution in [0.3, 0.4) is 0 Å². The molecule has 1 amide bonds. The molecule has 0 spiro atoms. The minimum absolute atomic E-state index is 0.0966. The second kappa shape index (κ2) is 6.88. The van der Waals surface area contributed by atoms with Crippen molar-refractivity contribution >= 4 is 11.6 Å². The Morgan fingerprint density at radius 2 is 2.37 bits per heavy atom. The molecule has 1 aliphatic rings. The van der Waals surface area contributed by atoms with Crippen LogP contribution < -0.4 is 10.6 Å². The lowest BCUT2D eigenvalue weighted by Gasteiger charge is -2.09.